The molecule has 1 aromatic heterocycles. The van der Waals surface area contributed by atoms with Crippen LogP contribution in [0.15, 0.2) is 41.0 Å². The Bertz CT molecular complexity index is 609. The normalized spacial score (nSPS) is 18.0. The third-order valence-corrected chi connectivity index (χ3v) is 3.71. The molecule has 3 rings (SSSR count). The maximum atomic E-state index is 11.6. The van der Waals surface area contributed by atoms with Gasteiger partial charge in [-0.1, -0.05) is 30.3 Å². The number of anilines is 1. The van der Waals surface area contributed by atoms with Crippen LogP contribution < -0.4 is 4.90 Å². The minimum atomic E-state index is -0.439. The van der Waals surface area contributed by atoms with E-state index in [9.17, 15) is 4.79 Å². The molecule has 0 saturated carbocycles. The molecule has 1 aliphatic heterocycles. The Morgan fingerprint density at radius 3 is 3.00 bits per heavy atom. The maximum Gasteiger partial charge on any atom is 0.360 e. The molecule has 0 amide bonds. The highest BCUT2D eigenvalue weighted by molar-refractivity contribution is 5.87. The Morgan fingerprint density at radius 2 is 2.24 bits per heavy atom. The Hall–Kier alpha value is -2.30. The van der Waals surface area contributed by atoms with E-state index < -0.39 is 5.97 Å². The third-order valence-electron chi connectivity index (χ3n) is 3.71. The maximum absolute atomic E-state index is 11.6. The first-order valence-electron chi connectivity index (χ1n) is 7.20. The zero-order chi connectivity index (χ0) is 14.7. The van der Waals surface area contributed by atoms with Crippen molar-refractivity contribution in [3.8, 4) is 0 Å². The Balaban J connectivity index is 1.68. The van der Waals surface area contributed by atoms with Gasteiger partial charge in [-0.15, -0.1) is 0 Å². The highest BCUT2D eigenvalue weighted by atomic mass is 16.5. The molecule has 1 aliphatic rings. The molecule has 0 N–H and O–H groups in total. The van der Waals surface area contributed by atoms with E-state index in [1.54, 1.807) is 6.92 Å². The first-order chi connectivity index (χ1) is 10.3. The molecule has 2 heterocycles. The topological polar surface area (TPSA) is 55.6 Å². The first kappa shape index (κ1) is 13.7. The number of rotatable bonds is 4. The van der Waals surface area contributed by atoms with Crippen LogP contribution in [0.2, 0.25) is 0 Å². The summed E-state index contributed by atoms with van der Waals surface area (Å²) in [5.74, 6) is 0.0375. The SMILES string of the molecule is CCOC(=O)c1coc(N2CCC(c3ccccc3)C2)n1. The van der Waals surface area contributed by atoms with Gasteiger partial charge in [-0.05, 0) is 18.9 Å². The van der Waals surface area contributed by atoms with Gasteiger partial charge in [-0.3, -0.25) is 0 Å². The summed E-state index contributed by atoms with van der Waals surface area (Å²) < 4.78 is 10.3. The van der Waals surface area contributed by atoms with Crippen molar-refractivity contribution in [2.24, 2.45) is 0 Å². The zero-order valence-electron chi connectivity index (χ0n) is 12.0. The van der Waals surface area contributed by atoms with Crippen LogP contribution in [0.25, 0.3) is 0 Å². The number of benzene rings is 1. The third kappa shape index (κ3) is 2.91. The summed E-state index contributed by atoms with van der Waals surface area (Å²) >= 11 is 0. The Morgan fingerprint density at radius 1 is 1.43 bits per heavy atom. The predicted octanol–water partition coefficient (Wildman–Crippen LogP) is 2.85. The quantitative estimate of drug-likeness (QED) is 0.809. The molecular weight excluding hydrogens is 268 g/mol. The number of carbonyl (C=O) groups excluding carboxylic acids is 1. The molecule has 0 aliphatic carbocycles. The van der Waals surface area contributed by atoms with Gasteiger partial charge in [-0.25, -0.2) is 4.79 Å². The van der Waals surface area contributed by atoms with Gasteiger partial charge < -0.3 is 14.1 Å². The molecule has 21 heavy (non-hydrogen) atoms. The lowest BCUT2D eigenvalue weighted by Gasteiger charge is -2.13. The summed E-state index contributed by atoms with van der Waals surface area (Å²) in [4.78, 5) is 17.9. The highest BCUT2D eigenvalue weighted by Gasteiger charge is 2.27. The largest absolute Gasteiger partial charge is 0.461 e. The van der Waals surface area contributed by atoms with Gasteiger partial charge in [0.05, 0.1) is 6.61 Å². The number of oxazole rings is 1. The highest BCUT2D eigenvalue weighted by Crippen LogP contribution is 2.30. The molecule has 0 radical (unpaired) electrons. The molecule has 1 fully saturated rings. The first-order valence-corrected chi connectivity index (χ1v) is 7.20. The van der Waals surface area contributed by atoms with Crippen molar-refractivity contribution in [2.45, 2.75) is 19.3 Å². The van der Waals surface area contributed by atoms with Crippen LogP contribution in [0.5, 0.6) is 0 Å². The van der Waals surface area contributed by atoms with Crippen LogP contribution in [0.3, 0.4) is 0 Å². The van der Waals surface area contributed by atoms with Crippen LogP contribution >= 0.6 is 0 Å². The van der Waals surface area contributed by atoms with Crippen molar-refractivity contribution < 1.29 is 13.9 Å². The van der Waals surface area contributed by atoms with Crippen molar-refractivity contribution in [3.63, 3.8) is 0 Å². The summed E-state index contributed by atoms with van der Waals surface area (Å²) in [5, 5.41) is 0. The van der Waals surface area contributed by atoms with E-state index in [1.807, 2.05) is 6.07 Å². The number of aromatic nitrogens is 1. The number of nitrogens with zero attached hydrogens (tertiary/aromatic N) is 2. The van der Waals surface area contributed by atoms with Crippen LogP contribution in [-0.2, 0) is 4.74 Å². The summed E-state index contributed by atoms with van der Waals surface area (Å²) in [7, 11) is 0. The zero-order valence-corrected chi connectivity index (χ0v) is 12.0. The molecule has 1 unspecified atom stereocenters. The second kappa shape index (κ2) is 5.99. The van der Waals surface area contributed by atoms with Gasteiger partial charge in [0.2, 0.25) is 0 Å². The van der Waals surface area contributed by atoms with Gasteiger partial charge in [-0.2, -0.15) is 4.98 Å². The molecule has 5 heteroatoms. The standard InChI is InChI=1S/C16H18N2O3/c1-2-20-15(19)14-11-21-16(17-14)18-9-8-13(10-18)12-6-4-3-5-7-12/h3-7,11,13H,2,8-10H2,1H3. The molecule has 0 bridgehead atoms. The summed E-state index contributed by atoms with van der Waals surface area (Å²) in [6.07, 6.45) is 2.42. The van der Waals surface area contributed by atoms with Gasteiger partial charge in [0, 0.05) is 19.0 Å². The Labute approximate surface area is 123 Å². The number of hydrogen-bond donors (Lipinski definition) is 0. The molecule has 1 aromatic carbocycles. The van der Waals surface area contributed by atoms with Gasteiger partial charge in [0.1, 0.15) is 6.26 Å². The lowest BCUT2D eigenvalue weighted by molar-refractivity contribution is 0.0519. The summed E-state index contributed by atoms with van der Waals surface area (Å²) in [6.45, 7) is 3.83. The van der Waals surface area contributed by atoms with Crippen LogP contribution in [0, 0.1) is 0 Å². The van der Waals surface area contributed by atoms with E-state index in [1.165, 1.54) is 11.8 Å². The van der Waals surface area contributed by atoms with E-state index in [2.05, 4.69) is 34.1 Å². The smallest absolute Gasteiger partial charge is 0.360 e. The number of ether oxygens (including phenoxy) is 1. The monoisotopic (exact) mass is 286 g/mol. The van der Waals surface area contributed by atoms with Crippen molar-refractivity contribution >= 4 is 12.0 Å². The van der Waals surface area contributed by atoms with E-state index in [4.69, 9.17) is 9.15 Å². The molecule has 0 spiro atoms. The number of esters is 1. The second-order valence-corrected chi connectivity index (χ2v) is 5.08. The average molecular weight is 286 g/mol. The molecule has 1 atom stereocenters. The lowest BCUT2D eigenvalue weighted by Crippen LogP contribution is -2.19. The van der Waals surface area contributed by atoms with Crippen LogP contribution in [0.1, 0.15) is 35.3 Å². The van der Waals surface area contributed by atoms with Crippen molar-refractivity contribution in [3.05, 3.63) is 47.9 Å². The molecule has 5 nitrogen and oxygen atoms in total. The van der Waals surface area contributed by atoms with Crippen molar-refractivity contribution in [1.29, 1.82) is 0 Å². The van der Waals surface area contributed by atoms with Gasteiger partial charge in [0.15, 0.2) is 5.69 Å². The fourth-order valence-electron chi connectivity index (χ4n) is 2.64. The van der Waals surface area contributed by atoms with Gasteiger partial charge in [0.25, 0.3) is 6.01 Å². The van der Waals surface area contributed by atoms with Gasteiger partial charge >= 0.3 is 5.97 Å². The number of carbonyl (C=O) groups is 1. The Kier molecular flexibility index (Phi) is 3.90. The fourth-order valence-corrected chi connectivity index (χ4v) is 2.64. The van der Waals surface area contributed by atoms with E-state index >= 15 is 0 Å². The minimum Gasteiger partial charge on any atom is -0.461 e. The second-order valence-electron chi connectivity index (χ2n) is 5.08. The summed E-state index contributed by atoms with van der Waals surface area (Å²) in [5.41, 5.74) is 1.56. The molecular formula is C16H18N2O3. The van der Waals surface area contributed by atoms with E-state index in [0.29, 0.717) is 18.5 Å². The molecule has 1 saturated heterocycles. The van der Waals surface area contributed by atoms with Crippen LogP contribution in [-0.4, -0.2) is 30.6 Å². The predicted molar refractivity (Wildman–Crippen MR) is 78.5 cm³/mol. The summed E-state index contributed by atoms with van der Waals surface area (Å²) in [6, 6.07) is 10.9. The fraction of sp³-hybridized carbons (Fsp3) is 0.375. The van der Waals surface area contributed by atoms with Crippen LogP contribution in [0.4, 0.5) is 6.01 Å². The van der Waals surface area contributed by atoms with Crippen molar-refractivity contribution in [1.82, 2.24) is 4.98 Å². The number of hydrogen-bond acceptors (Lipinski definition) is 5. The van der Waals surface area contributed by atoms with E-state index in [0.717, 1.165) is 19.5 Å². The van der Waals surface area contributed by atoms with Crippen molar-refractivity contribution in [2.75, 3.05) is 24.6 Å². The minimum absolute atomic E-state index is 0.231. The molecule has 110 valence electrons. The van der Waals surface area contributed by atoms with E-state index in [-0.39, 0.29) is 5.69 Å². The average Bonchev–Trinajstić information content (AvgIpc) is 3.17. The molecule has 2 aromatic rings. The lowest BCUT2D eigenvalue weighted by atomic mass is 9.99.